The lowest BCUT2D eigenvalue weighted by molar-refractivity contribution is -0.122. The van der Waals surface area contributed by atoms with Crippen molar-refractivity contribution in [3.8, 4) is 0 Å². The summed E-state index contributed by atoms with van der Waals surface area (Å²) in [5, 5.41) is 22.4. The van der Waals surface area contributed by atoms with Gasteiger partial charge in [0.25, 0.3) is 0 Å². The zero-order chi connectivity index (χ0) is 18.5. The van der Waals surface area contributed by atoms with E-state index < -0.39 is 18.2 Å². The molecule has 136 valence electrons. The highest BCUT2D eigenvalue weighted by Crippen LogP contribution is 2.05. The van der Waals surface area contributed by atoms with Crippen LogP contribution in [0.15, 0.2) is 24.3 Å². The highest BCUT2D eigenvalue weighted by molar-refractivity contribution is 5.88. The zero-order valence-electron chi connectivity index (χ0n) is 14.3. The van der Waals surface area contributed by atoms with Gasteiger partial charge in [-0.3, -0.25) is 15.0 Å². The van der Waals surface area contributed by atoms with E-state index in [9.17, 15) is 14.7 Å². The number of aliphatic hydroxyl groups is 1. The first kappa shape index (κ1) is 21.8. The maximum Gasteiger partial charge on any atom is 0.244 e. The lowest BCUT2D eigenvalue weighted by atomic mass is 10.0. The molecule has 0 rings (SSSR count). The summed E-state index contributed by atoms with van der Waals surface area (Å²) in [4.78, 5) is 23.2. The Hall–Kier alpha value is -2.19. The summed E-state index contributed by atoms with van der Waals surface area (Å²) in [6.45, 7) is 3.80. The Morgan fingerprint density at radius 1 is 1.33 bits per heavy atom. The molecule has 0 aromatic rings. The minimum atomic E-state index is -0.857. The quantitative estimate of drug-likeness (QED) is 0.130. The van der Waals surface area contributed by atoms with Crippen LogP contribution in [0.4, 0.5) is 0 Å². The van der Waals surface area contributed by atoms with Crippen LogP contribution in [0.25, 0.3) is 0 Å². The molecular weight excluding hydrogens is 310 g/mol. The predicted molar refractivity (Wildman–Crippen MR) is 94.3 cm³/mol. The SMILES string of the molecule is C/C=C/C=C/C(=O)N[C@H](C)[C@H](O)C[C@@H](N)CC(=O)NCCC(=N)N. The van der Waals surface area contributed by atoms with Gasteiger partial charge in [-0.2, -0.15) is 0 Å². The van der Waals surface area contributed by atoms with E-state index in [4.69, 9.17) is 16.9 Å². The molecule has 0 heterocycles. The van der Waals surface area contributed by atoms with Gasteiger partial charge in [0.15, 0.2) is 0 Å². The molecule has 0 aliphatic rings. The van der Waals surface area contributed by atoms with Gasteiger partial charge in [0.05, 0.1) is 18.0 Å². The number of hydrogen-bond acceptors (Lipinski definition) is 5. The molecule has 0 radical (unpaired) electrons. The molecule has 0 aliphatic carbocycles. The van der Waals surface area contributed by atoms with E-state index >= 15 is 0 Å². The molecule has 0 unspecified atom stereocenters. The smallest absolute Gasteiger partial charge is 0.244 e. The van der Waals surface area contributed by atoms with Crippen molar-refractivity contribution >= 4 is 17.6 Å². The maximum absolute atomic E-state index is 11.6. The highest BCUT2D eigenvalue weighted by Gasteiger charge is 2.20. The fourth-order valence-corrected chi connectivity index (χ4v) is 1.87. The normalized spacial score (nSPS) is 15.2. The molecule has 24 heavy (non-hydrogen) atoms. The van der Waals surface area contributed by atoms with Crippen LogP contribution < -0.4 is 22.1 Å². The van der Waals surface area contributed by atoms with Crippen molar-refractivity contribution in [2.45, 2.75) is 51.3 Å². The number of nitrogens with one attached hydrogen (secondary N) is 3. The molecule has 0 saturated carbocycles. The summed E-state index contributed by atoms with van der Waals surface area (Å²) in [6.07, 6.45) is 6.15. The second kappa shape index (κ2) is 12.3. The third-order valence-electron chi connectivity index (χ3n) is 3.21. The van der Waals surface area contributed by atoms with Gasteiger partial charge in [-0.05, 0) is 20.3 Å². The van der Waals surface area contributed by atoms with E-state index in [1.807, 2.05) is 6.92 Å². The standard InChI is InChI=1S/C16H29N5O3/c1-3-4-5-6-15(23)21-11(2)13(22)9-12(17)10-16(24)20-8-7-14(18)19/h3-6,11-13,22H,7-10,17H2,1-2H3,(H3,18,19)(H,20,24)(H,21,23)/b4-3+,6-5+/t11-,12-,13-/m1/s1. The van der Waals surface area contributed by atoms with Crippen LogP contribution in [0.1, 0.15) is 33.1 Å². The number of amidine groups is 1. The average molecular weight is 339 g/mol. The van der Waals surface area contributed by atoms with E-state index in [1.54, 1.807) is 25.2 Å². The number of amides is 2. The molecule has 8 N–H and O–H groups in total. The lowest BCUT2D eigenvalue weighted by Crippen LogP contribution is -2.44. The van der Waals surface area contributed by atoms with Crippen LogP contribution >= 0.6 is 0 Å². The summed E-state index contributed by atoms with van der Waals surface area (Å²) >= 11 is 0. The van der Waals surface area contributed by atoms with Gasteiger partial charge in [-0.1, -0.05) is 18.2 Å². The van der Waals surface area contributed by atoms with Crippen molar-refractivity contribution in [3.63, 3.8) is 0 Å². The minimum Gasteiger partial charge on any atom is -0.391 e. The number of nitrogens with two attached hydrogens (primary N) is 2. The van der Waals surface area contributed by atoms with Crippen LogP contribution in [0.2, 0.25) is 0 Å². The topological polar surface area (TPSA) is 154 Å². The third-order valence-corrected chi connectivity index (χ3v) is 3.21. The molecule has 0 fully saturated rings. The molecule has 3 atom stereocenters. The second-order valence-electron chi connectivity index (χ2n) is 5.57. The van der Waals surface area contributed by atoms with E-state index in [1.165, 1.54) is 6.08 Å². The summed E-state index contributed by atoms with van der Waals surface area (Å²) in [7, 11) is 0. The number of rotatable bonds is 11. The summed E-state index contributed by atoms with van der Waals surface area (Å²) in [6, 6.07) is -1.02. The van der Waals surface area contributed by atoms with Crippen LogP contribution in [0.3, 0.4) is 0 Å². The zero-order valence-corrected chi connectivity index (χ0v) is 14.3. The molecule has 0 spiro atoms. The van der Waals surface area contributed by atoms with Crippen LogP contribution in [-0.4, -0.2) is 47.5 Å². The van der Waals surface area contributed by atoms with Gasteiger partial charge >= 0.3 is 0 Å². The van der Waals surface area contributed by atoms with Crippen LogP contribution in [0, 0.1) is 5.41 Å². The average Bonchev–Trinajstić information content (AvgIpc) is 2.46. The lowest BCUT2D eigenvalue weighted by Gasteiger charge is -2.22. The van der Waals surface area contributed by atoms with Gasteiger partial charge in [-0.15, -0.1) is 0 Å². The third kappa shape index (κ3) is 11.4. The molecule has 0 bridgehead atoms. The second-order valence-corrected chi connectivity index (χ2v) is 5.57. The van der Waals surface area contributed by atoms with Crippen LogP contribution in [-0.2, 0) is 9.59 Å². The molecule has 0 aliphatic heterocycles. The largest absolute Gasteiger partial charge is 0.391 e. The Morgan fingerprint density at radius 3 is 2.58 bits per heavy atom. The van der Waals surface area contributed by atoms with Crippen molar-refractivity contribution in [2.75, 3.05) is 6.54 Å². The Morgan fingerprint density at radius 2 is 2.00 bits per heavy atom. The molecule has 2 amide bonds. The number of allylic oxidation sites excluding steroid dienone is 3. The van der Waals surface area contributed by atoms with Gasteiger partial charge < -0.3 is 27.2 Å². The molecule has 8 nitrogen and oxygen atoms in total. The number of carbonyl (C=O) groups is 2. The van der Waals surface area contributed by atoms with Crippen molar-refractivity contribution in [3.05, 3.63) is 24.3 Å². The Bertz CT molecular complexity index is 476. The Labute approximate surface area is 142 Å². The molecule has 8 heteroatoms. The molecular formula is C16H29N5O3. The Balaban J connectivity index is 4.14. The molecule has 0 aromatic carbocycles. The van der Waals surface area contributed by atoms with Crippen molar-refractivity contribution < 1.29 is 14.7 Å². The monoisotopic (exact) mass is 339 g/mol. The van der Waals surface area contributed by atoms with E-state index in [0.29, 0.717) is 0 Å². The first-order valence-corrected chi connectivity index (χ1v) is 7.89. The van der Waals surface area contributed by atoms with Crippen LogP contribution in [0.5, 0.6) is 0 Å². The number of carbonyl (C=O) groups excluding carboxylic acids is 2. The molecule has 0 aromatic heterocycles. The summed E-state index contributed by atoms with van der Waals surface area (Å²) < 4.78 is 0. The summed E-state index contributed by atoms with van der Waals surface area (Å²) in [5.41, 5.74) is 11.0. The van der Waals surface area contributed by atoms with E-state index in [0.717, 1.165) is 0 Å². The minimum absolute atomic E-state index is 0.00284. The Kier molecular flexibility index (Phi) is 11.1. The highest BCUT2D eigenvalue weighted by atomic mass is 16.3. The molecule has 0 saturated heterocycles. The van der Waals surface area contributed by atoms with Crippen molar-refractivity contribution in [1.82, 2.24) is 10.6 Å². The van der Waals surface area contributed by atoms with Gasteiger partial charge in [0, 0.05) is 31.5 Å². The van der Waals surface area contributed by atoms with Gasteiger partial charge in [0.1, 0.15) is 0 Å². The maximum atomic E-state index is 11.6. The predicted octanol–water partition coefficient (Wildman–Crippen LogP) is -0.466. The number of hydrogen-bond donors (Lipinski definition) is 6. The number of aliphatic hydroxyl groups excluding tert-OH is 1. The summed E-state index contributed by atoms with van der Waals surface area (Å²) in [5.74, 6) is -0.569. The first-order valence-electron chi connectivity index (χ1n) is 7.89. The first-order chi connectivity index (χ1) is 11.3. The van der Waals surface area contributed by atoms with Crippen molar-refractivity contribution in [1.29, 1.82) is 5.41 Å². The van der Waals surface area contributed by atoms with Crippen molar-refractivity contribution in [2.24, 2.45) is 11.5 Å². The van der Waals surface area contributed by atoms with E-state index in [-0.39, 0.29) is 43.5 Å². The fourth-order valence-electron chi connectivity index (χ4n) is 1.87. The van der Waals surface area contributed by atoms with Gasteiger partial charge in [0.2, 0.25) is 11.8 Å². The fraction of sp³-hybridized carbons (Fsp3) is 0.562. The van der Waals surface area contributed by atoms with E-state index in [2.05, 4.69) is 10.6 Å². The van der Waals surface area contributed by atoms with Gasteiger partial charge in [-0.25, -0.2) is 0 Å².